The fourth-order valence-electron chi connectivity index (χ4n) is 3.60. The summed E-state index contributed by atoms with van der Waals surface area (Å²) in [6, 6.07) is 12.5. The molecular weight excluding hydrogens is 384 g/mol. The van der Waals surface area contributed by atoms with Gasteiger partial charge < -0.3 is 4.74 Å². The van der Waals surface area contributed by atoms with Crippen LogP contribution in [-0.4, -0.2) is 22.6 Å². The van der Waals surface area contributed by atoms with Gasteiger partial charge in [-0.1, -0.05) is 30.0 Å². The largest absolute Gasteiger partial charge is 0.493 e. The van der Waals surface area contributed by atoms with Crippen molar-refractivity contribution in [3.8, 4) is 11.8 Å². The van der Waals surface area contributed by atoms with Gasteiger partial charge in [-0.25, -0.2) is 13.8 Å². The number of thioether (sulfide) groups is 1. The van der Waals surface area contributed by atoms with Crippen LogP contribution < -0.4 is 4.74 Å². The van der Waals surface area contributed by atoms with E-state index in [1.165, 1.54) is 11.9 Å². The van der Waals surface area contributed by atoms with Gasteiger partial charge in [-0.2, -0.15) is 10.4 Å². The molecule has 0 unspecified atom stereocenters. The zero-order valence-electron chi connectivity index (χ0n) is 14.9. The molecule has 2 aromatic carbocycles. The summed E-state index contributed by atoms with van der Waals surface area (Å²) in [4.78, 5) is 11.5. The van der Waals surface area contributed by atoms with Crippen LogP contribution in [0.2, 0.25) is 0 Å². The lowest BCUT2D eigenvalue weighted by atomic mass is 9.87. The Labute approximate surface area is 164 Å². The predicted molar refractivity (Wildman–Crippen MR) is 100 cm³/mol. The molecule has 2 aromatic rings. The van der Waals surface area contributed by atoms with E-state index >= 15 is 0 Å². The minimum atomic E-state index is -1.06. The molecule has 2 aliphatic rings. The van der Waals surface area contributed by atoms with E-state index in [1.807, 2.05) is 12.1 Å². The summed E-state index contributed by atoms with van der Waals surface area (Å²) >= 11 is 1.15. The number of hydrogen-bond donors (Lipinski definition) is 0. The number of carbonyl (C=O) groups excluding carboxylic acids is 1. The van der Waals surface area contributed by atoms with Crippen molar-refractivity contribution in [1.82, 2.24) is 5.01 Å². The van der Waals surface area contributed by atoms with E-state index in [-0.39, 0.29) is 29.5 Å². The average molecular weight is 399 g/mol. The van der Waals surface area contributed by atoms with Crippen molar-refractivity contribution in [2.75, 3.05) is 6.61 Å². The van der Waals surface area contributed by atoms with Crippen molar-refractivity contribution in [3.63, 3.8) is 0 Å². The first-order valence-corrected chi connectivity index (χ1v) is 9.42. The van der Waals surface area contributed by atoms with Gasteiger partial charge >= 0.3 is 0 Å². The molecular formula is C20H15F2N3O2S. The first kappa shape index (κ1) is 18.4. The van der Waals surface area contributed by atoms with Gasteiger partial charge in [0.25, 0.3) is 0 Å². The molecule has 1 spiro atoms. The molecule has 0 bridgehead atoms. The van der Waals surface area contributed by atoms with Crippen LogP contribution in [-0.2, 0) is 9.67 Å². The van der Waals surface area contributed by atoms with E-state index in [4.69, 9.17) is 4.74 Å². The fraction of sp³-hybridized carbons (Fsp3) is 0.250. The minimum Gasteiger partial charge on any atom is -0.493 e. The number of fused-ring (bicyclic) bond motifs is 2. The first-order valence-electron chi connectivity index (χ1n) is 8.60. The normalized spacial score (nSPS) is 23.0. The van der Waals surface area contributed by atoms with Crippen molar-refractivity contribution >= 4 is 22.7 Å². The molecule has 0 N–H and O–H groups in total. The summed E-state index contributed by atoms with van der Waals surface area (Å²) in [7, 11) is 0. The highest BCUT2D eigenvalue weighted by atomic mass is 32.2. The highest BCUT2D eigenvalue weighted by molar-refractivity contribution is 8.15. The van der Waals surface area contributed by atoms with E-state index in [0.717, 1.165) is 30.0 Å². The Bertz CT molecular complexity index is 1040. The van der Waals surface area contributed by atoms with Crippen molar-refractivity contribution in [1.29, 1.82) is 5.26 Å². The predicted octanol–water partition coefficient (Wildman–Crippen LogP) is 4.00. The second kappa shape index (κ2) is 6.91. The quantitative estimate of drug-likeness (QED) is 0.766. The molecule has 0 fully saturated rings. The molecule has 0 saturated carbocycles. The Kier molecular flexibility index (Phi) is 4.55. The molecule has 2 atom stereocenters. The third-order valence-corrected chi connectivity index (χ3v) is 6.35. The number of halogens is 2. The topological polar surface area (TPSA) is 65.7 Å². The smallest absolute Gasteiger partial charge is 0.241 e. The third kappa shape index (κ3) is 2.74. The summed E-state index contributed by atoms with van der Waals surface area (Å²) in [5.74, 6) is -1.42. The molecule has 142 valence electrons. The van der Waals surface area contributed by atoms with Crippen molar-refractivity contribution in [2.24, 2.45) is 11.0 Å². The monoisotopic (exact) mass is 399 g/mol. The summed E-state index contributed by atoms with van der Waals surface area (Å²) in [5, 5.41) is 15.2. The van der Waals surface area contributed by atoms with Crippen LogP contribution in [0.4, 0.5) is 8.78 Å². The number of nitriles is 1. The van der Waals surface area contributed by atoms with E-state index in [1.54, 1.807) is 12.1 Å². The molecule has 2 aliphatic heterocycles. The molecule has 1 amide bonds. The maximum absolute atomic E-state index is 14.4. The van der Waals surface area contributed by atoms with Crippen LogP contribution in [0.15, 0.2) is 47.6 Å². The van der Waals surface area contributed by atoms with Crippen LogP contribution >= 0.6 is 11.8 Å². The van der Waals surface area contributed by atoms with Crippen molar-refractivity contribution < 1.29 is 18.3 Å². The third-order valence-electron chi connectivity index (χ3n) is 4.82. The van der Waals surface area contributed by atoms with Gasteiger partial charge in [0.1, 0.15) is 22.4 Å². The molecule has 28 heavy (non-hydrogen) atoms. The molecule has 0 aliphatic carbocycles. The van der Waals surface area contributed by atoms with Crippen LogP contribution in [0.3, 0.4) is 0 Å². The number of ether oxygens (including phenoxy) is 1. The molecule has 4 rings (SSSR count). The van der Waals surface area contributed by atoms with E-state index in [2.05, 4.69) is 11.2 Å². The lowest BCUT2D eigenvalue weighted by Crippen LogP contribution is -2.50. The zero-order chi connectivity index (χ0) is 19.9. The number of para-hydroxylation sites is 1. The van der Waals surface area contributed by atoms with Gasteiger partial charge in [0.05, 0.1) is 12.7 Å². The number of carbonyl (C=O) groups is 1. The average Bonchev–Trinajstić information content (AvgIpc) is 3.08. The molecule has 2 heterocycles. The van der Waals surface area contributed by atoms with Crippen LogP contribution in [0.1, 0.15) is 24.5 Å². The van der Waals surface area contributed by atoms with E-state index in [0.29, 0.717) is 11.3 Å². The van der Waals surface area contributed by atoms with Gasteiger partial charge in [0, 0.05) is 30.4 Å². The lowest BCUT2D eigenvalue weighted by Gasteiger charge is -2.44. The number of nitrogens with zero attached hydrogens (tertiary/aromatic N) is 3. The molecule has 8 heteroatoms. The number of rotatable bonds is 2. The highest BCUT2D eigenvalue weighted by Gasteiger charge is 2.56. The lowest BCUT2D eigenvalue weighted by molar-refractivity contribution is -0.134. The van der Waals surface area contributed by atoms with E-state index in [9.17, 15) is 18.8 Å². The van der Waals surface area contributed by atoms with Gasteiger partial charge in [0.2, 0.25) is 5.91 Å². The van der Waals surface area contributed by atoms with Gasteiger partial charge in [-0.15, -0.1) is 0 Å². The summed E-state index contributed by atoms with van der Waals surface area (Å²) in [6.45, 7) is 1.56. The number of hydrazone groups is 1. The Morgan fingerprint density at radius 1 is 1.39 bits per heavy atom. The molecule has 0 radical (unpaired) electrons. The number of benzene rings is 2. The van der Waals surface area contributed by atoms with Crippen LogP contribution in [0.5, 0.6) is 5.75 Å². The Balaban J connectivity index is 1.91. The summed E-state index contributed by atoms with van der Waals surface area (Å²) in [6.07, 6.45) is 0.111. The minimum absolute atomic E-state index is 0.0206. The van der Waals surface area contributed by atoms with Gasteiger partial charge in [-0.3, -0.25) is 4.79 Å². The first-order chi connectivity index (χ1) is 13.5. The summed E-state index contributed by atoms with van der Waals surface area (Å²) < 4.78 is 34.0. The van der Waals surface area contributed by atoms with Gasteiger partial charge in [-0.05, 0) is 24.3 Å². The molecule has 5 nitrogen and oxygen atoms in total. The molecule has 0 aromatic heterocycles. The van der Waals surface area contributed by atoms with Crippen LogP contribution in [0, 0.1) is 28.9 Å². The maximum Gasteiger partial charge on any atom is 0.241 e. The van der Waals surface area contributed by atoms with Crippen molar-refractivity contribution in [3.05, 3.63) is 65.2 Å². The Morgan fingerprint density at radius 3 is 2.93 bits per heavy atom. The number of hydrogen-bond acceptors (Lipinski definition) is 5. The standard InChI is InChI=1S/C20H15F2N3O2S/c1-12(26)25-20(28-19(24-25)15-10-14(21)6-7-17(15)22)13(8-9-23)11-27-18-5-3-2-4-16(18)20/h2-7,10,13H,8,11H2,1H3/t13-,20+/m1/s1. The van der Waals surface area contributed by atoms with Crippen molar-refractivity contribution in [2.45, 2.75) is 18.2 Å². The maximum atomic E-state index is 14.4. The summed E-state index contributed by atoms with van der Waals surface area (Å²) in [5.41, 5.74) is 0.657. The highest BCUT2D eigenvalue weighted by Crippen LogP contribution is 2.57. The van der Waals surface area contributed by atoms with E-state index < -0.39 is 22.4 Å². The zero-order valence-corrected chi connectivity index (χ0v) is 15.7. The SMILES string of the molecule is CC(=O)N1N=C(c2cc(F)ccc2F)S[C@@]12c1ccccc1OC[C@H]2CC#N. The molecule has 0 saturated heterocycles. The Morgan fingerprint density at radius 2 is 2.18 bits per heavy atom. The fourth-order valence-corrected chi connectivity index (χ4v) is 5.13. The second-order valence-electron chi connectivity index (χ2n) is 6.52. The Hall–Kier alpha value is -2.92. The number of amides is 1. The van der Waals surface area contributed by atoms with Gasteiger partial charge in [0.15, 0.2) is 4.87 Å². The second-order valence-corrected chi connectivity index (χ2v) is 7.74. The van der Waals surface area contributed by atoms with Crippen LogP contribution in [0.25, 0.3) is 0 Å².